The van der Waals surface area contributed by atoms with E-state index in [4.69, 9.17) is 9.72 Å². The lowest BCUT2D eigenvalue weighted by Crippen LogP contribution is -2.07. The van der Waals surface area contributed by atoms with Crippen LogP contribution in [-0.4, -0.2) is 43.3 Å². The number of fused-ring (bicyclic) bond motifs is 1. The lowest BCUT2D eigenvalue weighted by atomic mass is 9.98. The van der Waals surface area contributed by atoms with Crippen molar-refractivity contribution in [3.05, 3.63) is 119 Å². The van der Waals surface area contributed by atoms with Gasteiger partial charge in [0.15, 0.2) is 5.82 Å². The van der Waals surface area contributed by atoms with E-state index in [2.05, 4.69) is 62.4 Å². The quantitative estimate of drug-likeness (QED) is 0.138. The Kier molecular flexibility index (Phi) is 8.17. The first-order valence-electron chi connectivity index (χ1n) is 14.4. The van der Waals surface area contributed by atoms with E-state index in [-0.39, 0.29) is 5.97 Å². The number of hydrogen-bond acceptors (Lipinski definition) is 6. The van der Waals surface area contributed by atoms with Gasteiger partial charge in [-0.25, -0.2) is 14.9 Å². The number of H-pyrrole nitrogens is 1. The molecule has 214 valence electrons. The molecule has 8 nitrogen and oxygen atoms in total. The molecule has 1 N–H and O–H groups in total. The summed E-state index contributed by atoms with van der Waals surface area (Å²) in [7, 11) is 1.42. The highest BCUT2D eigenvalue weighted by Gasteiger charge is 2.18. The summed E-state index contributed by atoms with van der Waals surface area (Å²) in [6.45, 7) is 2.81. The number of aromatic amines is 1. The van der Waals surface area contributed by atoms with Crippen molar-refractivity contribution in [2.75, 3.05) is 7.11 Å². The summed E-state index contributed by atoms with van der Waals surface area (Å²) in [6.07, 6.45) is 6.90. The second-order valence-electron chi connectivity index (χ2n) is 10.4. The molecule has 0 unspecified atom stereocenters. The SMILES string of the molecule is CCCCc1nc2cc(/C=C/c3ccccc3)c(C(=O)OC)cc2n1Cc1ccc(-c2ccccc2-c2nnn[nH]2)cc1. The molecule has 0 saturated heterocycles. The zero-order chi connectivity index (χ0) is 29.6. The van der Waals surface area contributed by atoms with Crippen LogP contribution in [0.1, 0.15) is 52.6 Å². The van der Waals surface area contributed by atoms with Crippen LogP contribution in [0.3, 0.4) is 0 Å². The highest BCUT2D eigenvalue weighted by Crippen LogP contribution is 2.31. The maximum atomic E-state index is 12.9. The van der Waals surface area contributed by atoms with Crippen molar-refractivity contribution in [3.63, 3.8) is 0 Å². The summed E-state index contributed by atoms with van der Waals surface area (Å²) in [5.41, 5.74) is 8.30. The molecule has 6 rings (SSSR count). The van der Waals surface area contributed by atoms with Gasteiger partial charge in [0, 0.05) is 18.5 Å². The van der Waals surface area contributed by atoms with Crippen molar-refractivity contribution in [3.8, 4) is 22.5 Å². The minimum absolute atomic E-state index is 0.373. The van der Waals surface area contributed by atoms with Gasteiger partial charge in [0.1, 0.15) is 5.82 Å². The van der Waals surface area contributed by atoms with Crippen molar-refractivity contribution >= 4 is 29.2 Å². The van der Waals surface area contributed by atoms with Crippen LogP contribution in [0.25, 0.3) is 45.7 Å². The van der Waals surface area contributed by atoms with Crippen molar-refractivity contribution in [2.45, 2.75) is 32.7 Å². The molecule has 0 bridgehead atoms. The molecule has 2 heterocycles. The second-order valence-corrected chi connectivity index (χ2v) is 10.4. The fraction of sp³-hybridized carbons (Fsp3) is 0.171. The zero-order valence-corrected chi connectivity index (χ0v) is 24.2. The molecule has 0 radical (unpaired) electrons. The minimum Gasteiger partial charge on any atom is -0.465 e. The highest BCUT2D eigenvalue weighted by molar-refractivity contribution is 5.99. The Hall–Kier alpha value is -5.37. The molecule has 0 fully saturated rings. The molecular weight excluding hydrogens is 536 g/mol. The smallest absolute Gasteiger partial charge is 0.338 e. The third-order valence-electron chi connectivity index (χ3n) is 7.55. The lowest BCUT2D eigenvalue weighted by molar-refractivity contribution is 0.0600. The van der Waals surface area contributed by atoms with Crippen LogP contribution < -0.4 is 0 Å². The number of carbonyl (C=O) groups excluding carboxylic acids is 1. The number of imidazole rings is 1. The Balaban J connectivity index is 1.37. The van der Waals surface area contributed by atoms with Gasteiger partial charge in [-0.15, -0.1) is 5.10 Å². The molecule has 0 aliphatic heterocycles. The summed E-state index contributed by atoms with van der Waals surface area (Å²) < 4.78 is 7.41. The van der Waals surface area contributed by atoms with E-state index >= 15 is 0 Å². The van der Waals surface area contributed by atoms with E-state index < -0.39 is 0 Å². The number of rotatable bonds is 10. The number of ether oxygens (including phenoxy) is 1. The minimum atomic E-state index is -0.373. The number of benzene rings is 4. The first-order chi connectivity index (χ1) is 21.1. The predicted octanol–water partition coefficient (Wildman–Crippen LogP) is 7.23. The Morgan fingerprint density at radius 3 is 2.42 bits per heavy atom. The summed E-state index contributed by atoms with van der Waals surface area (Å²) in [6, 6.07) is 30.5. The van der Waals surface area contributed by atoms with Crippen LogP contribution in [0.4, 0.5) is 0 Å². The standard InChI is InChI=1S/C35H32N6O2/c1-3-4-14-33-36-31-21-27(20-15-24-10-6-5-7-11-24)30(35(42)43-2)22-32(31)41(33)23-25-16-18-26(19-17-25)28-12-8-9-13-29(28)34-37-39-40-38-34/h5-13,15-22H,3-4,14,23H2,1-2H3,(H,37,38,39,40)/b20-15+. The van der Waals surface area contributed by atoms with Gasteiger partial charge in [0.25, 0.3) is 0 Å². The van der Waals surface area contributed by atoms with Gasteiger partial charge >= 0.3 is 5.97 Å². The molecule has 8 heteroatoms. The maximum Gasteiger partial charge on any atom is 0.338 e. The van der Waals surface area contributed by atoms with Crippen LogP contribution in [0, 0.1) is 0 Å². The summed E-state index contributed by atoms with van der Waals surface area (Å²) in [5.74, 6) is 1.26. The van der Waals surface area contributed by atoms with Crippen molar-refractivity contribution < 1.29 is 9.53 Å². The van der Waals surface area contributed by atoms with E-state index in [1.807, 2.05) is 72.8 Å². The highest BCUT2D eigenvalue weighted by atomic mass is 16.5. The molecule has 0 spiro atoms. The van der Waals surface area contributed by atoms with Crippen molar-refractivity contribution in [1.82, 2.24) is 30.2 Å². The maximum absolute atomic E-state index is 12.9. The van der Waals surface area contributed by atoms with Crippen LogP contribution in [0.5, 0.6) is 0 Å². The number of aryl methyl sites for hydroxylation is 1. The van der Waals surface area contributed by atoms with Gasteiger partial charge in [-0.2, -0.15) is 0 Å². The number of aromatic nitrogens is 6. The third kappa shape index (κ3) is 5.99. The van der Waals surface area contributed by atoms with E-state index in [0.717, 1.165) is 69.5 Å². The molecular formula is C35H32N6O2. The van der Waals surface area contributed by atoms with Crippen LogP contribution in [0.2, 0.25) is 0 Å². The van der Waals surface area contributed by atoms with Gasteiger partial charge in [-0.1, -0.05) is 104 Å². The van der Waals surface area contributed by atoms with Gasteiger partial charge in [-0.05, 0) is 56.8 Å². The van der Waals surface area contributed by atoms with E-state index in [1.54, 1.807) is 0 Å². The number of nitrogens with zero attached hydrogens (tertiary/aromatic N) is 5. The normalized spacial score (nSPS) is 11.4. The van der Waals surface area contributed by atoms with Crippen LogP contribution >= 0.6 is 0 Å². The lowest BCUT2D eigenvalue weighted by Gasteiger charge is -2.12. The van der Waals surface area contributed by atoms with Gasteiger partial charge in [0.05, 0.1) is 23.7 Å². The molecule has 6 aromatic rings. The molecule has 43 heavy (non-hydrogen) atoms. The summed E-state index contributed by atoms with van der Waals surface area (Å²) in [5, 5.41) is 14.4. The zero-order valence-electron chi connectivity index (χ0n) is 24.2. The Bertz CT molecular complexity index is 1870. The predicted molar refractivity (Wildman–Crippen MR) is 169 cm³/mol. The Labute approximate surface area is 250 Å². The van der Waals surface area contributed by atoms with E-state index in [1.165, 1.54) is 7.11 Å². The van der Waals surface area contributed by atoms with Gasteiger partial charge in [-0.3, -0.25) is 0 Å². The van der Waals surface area contributed by atoms with Crippen molar-refractivity contribution in [1.29, 1.82) is 0 Å². The summed E-state index contributed by atoms with van der Waals surface area (Å²) >= 11 is 0. The molecule has 4 aromatic carbocycles. The first kappa shape index (κ1) is 27.8. The number of esters is 1. The Morgan fingerprint density at radius 2 is 1.70 bits per heavy atom. The third-order valence-corrected chi connectivity index (χ3v) is 7.55. The van der Waals surface area contributed by atoms with Crippen LogP contribution in [0.15, 0.2) is 91.0 Å². The monoisotopic (exact) mass is 568 g/mol. The fourth-order valence-electron chi connectivity index (χ4n) is 5.30. The van der Waals surface area contributed by atoms with E-state index in [0.29, 0.717) is 17.9 Å². The number of methoxy groups -OCH3 is 1. The average molecular weight is 569 g/mol. The average Bonchev–Trinajstić information content (AvgIpc) is 3.71. The van der Waals surface area contributed by atoms with Gasteiger partial charge in [0.2, 0.25) is 0 Å². The number of tetrazole rings is 1. The second kappa shape index (κ2) is 12.7. The van der Waals surface area contributed by atoms with Gasteiger partial charge < -0.3 is 9.30 Å². The number of nitrogens with one attached hydrogen (secondary N) is 1. The summed E-state index contributed by atoms with van der Waals surface area (Å²) in [4.78, 5) is 18.0. The molecule has 0 aliphatic carbocycles. The number of unbranched alkanes of at least 4 members (excludes halogenated alkanes) is 1. The fourth-order valence-corrected chi connectivity index (χ4v) is 5.30. The van der Waals surface area contributed by atoms with Crippen molar-refractivity contribution in [2.24, 2.45) is 0 Å². The molecule has 2 aromatic heterocycles. The molecule has 0 atom stereocenters. The Morgan fingerprint density at radius 1 is 0.930 bits per heavy atom. The molecule has 0 saturated carbocycles. The largest absolute Gasteiger partial charge is 0.465 e. The first-order valence-corrected chi connectivity index (χ1v) is 14.4. The topological polar surface area (TPSA) is 98.6 Å². The number of hydrogen-bond donors (Lipinski definition) is 1. The van der Waals surface area contributed by atoms with E-state index in [9.17, 15) is 4.79 Å². The number of carbonyl (C=O) groups is 1. The molecule has 0 aliphatic rings. The van der Waals surface area contributed by atoms with Crippen LogP contribution in [-0.2, 0) is 17.7 Å². The molecule has 0 amide bonds.